The van der Waals surface area contributed by atoms with Crippen LogP contribution in [0.1, 0.15) is 33.8 Å². The van der Waals surface area contributed by atoms with E-state index in [4.69, 9.17) is 0 Å². The number of likely N-dealkylation sites (tertiary alicyclic amines) is 1. The number of rotatable bonds is 2. The van der Waals surface area contributed by atoms with Crippen LogP contribution in [0.5, 0.6) is 0 Å². The van der Waals surface area contributed by atoms with Gasteiger partial charge < -0.3 is 4.90 Å². The van der Waals surface area contributed by atoms with E-state index in [0.29, 0.717) is 30.6 Å². The van der Waals surface area contributed by atoms with Crippen molar-refractivity contribution in [3.8, 4) is 0 Å². The van der Waals surface area contributed by atoms with Gasteiger partial charge in [0.25, 0.3) is 5.91 Å². The van der Waals surface area contributed by atoms with E-state index in [1.807, 2.05) is 0 Å². The molecule has 2 heterocycles. The van der Waals surface area contributed by atoms with E-state index in [1.165, 1.54) is 12.1 Å². The maximum atomic E-state index is 12.8. The summed E-state index contributed by atoms with van der Waals surface area (Å²) < 4.78 is 38.4. The van der Waals surface area contributed by atoms with Crippen molar-refractivity contribution in [3.63, 3.8) is 0 Å². The highest BCUT2D eigenvalue weighted by Crippen LogP contribution is 2.34. The van der Waals surface area contributed by atoms with Crippen molar-refractivity contribution in [1.29, 1.82) is 0 Å². The fourth-order valence-corrected chi connectivity index (χ4v) is 2.86. The second kappa shape index (κ2) is 6.02. The third-order valence-electron chi connectivity index (χ3n) is 4.09. The number of benzene rings is 1. The molecule has 0 radical (unpaired) electrons. The Morgan fingerprint density at radius 3 is 2.61 bits per heavy atom. The van der Waals surface area contributed by atoms with Gasteiger partial charge in [0.05, 0.1) is 5.56 Å². The molecule has 0 saturated carbocycles. The minimum Gasteiger partial charge on any atom is -0.338 e. The van der Waals surface area contributed by atoms with Crippen LogP contribution in [0.25, 0.3) is 0 Å². The summed E-state index contributed by atoms with van der Waals surface area (Å²) in [6, 6.07) is 8.65. The van der Waals surface area contributed by atoms with Crippen LogP contribution in [0.4, 0.5) is 13.2 Å². The summed E-state index contributed by atoms with van der Waals surface area (Å²) >= 11 is 0. The van der Waals surface area contributed by atoms with Gasteiger partial charge in [-0.2, -0.15) is 13.2 Å². The first-order chi connectivity index (χ1) is 10.9. The molecule has 1 aromatic heterocycles. The Morgan fingerprint density at radius 1 is 1.17 bits per heavy atom. The first-order valence-corrected chi connectivity index (χ1v) is 7.31. The Kier molecular flexibility index (Phi) is 4.07. The van der Waals surface area contributed by atoms with E-state index >= 15 is 0 Å². The highest BCUT2D eigenvalue weighted by atomic mass is 19.4. The lowest BCUT2D eigenvalue weighted by molar-refractivity contribution is -0.137. The number of hydrogen-bond acceptors (Lipinski definition) is 2. The van der Waals surface area contributed by atoms with Gasteiger partial charge in [0.15, 0.2) is 0 Å². The third kappa shape index (κ3) is 3.36. The molecule has 1 fully saturated rings. The van der Waals surface area contributed by atoms with Gasteiger partial charge in [0.1, 0.15) is 0 Å². The highest BCUT2D eigenvalue weighted by molar-refractivity contribution is 5.94. The van der Waals surface area contributed by atoms with Gasteiger partial charge in [0, 0.05) is 37.0 Å². The van der Waals surface area contributed by atoms with Gasteiger partial charge in [-0.05, 0) is 30.2 Å². The summed E-state index contributed by atoms with van der Waals surface area (Å²) in [5, 5.41) is 0. The predicted molar refractivity (Wildman–Crippen MR) is 78.9 cm³/mol. The summed E-state index contributed by atoms with van der Waals surface area (Å²) in [5.41, 5.74) is 0.531. The van der Waals surface area contributed by atoms with E-state index in [1.54, 1.807) is 35.5 Å². The molecule has 0 aliphatic carbocycles. The molecule has 0 N–H and O–H groups in total. The van der Waals surface area contributed by atoms with Crippen LogP contribution < -0.4 is 0 Å². The summed E-state index contributed by atoms with van der Waals surface area (Å²) in [6.45, 7) is 0.977. The molecule has 0 spiro atoms. The molecule has 1 aromatic carbocycles. The zero-order valence-corrected chi connectivity index (χ0v) is 12.3. The van der Waals surface area contributed by atoms with Crippen LogP contribution in [0.15, 0.2) is 48.8 Å². The molecule has 3 rings (SSSR count). The number of amides is 1. The predicted octanol–water partition coefficient (Wildman–Crippen LogP) is 3.73. The fourth-order valence-electron chi connectivity index (χ4n) is 2.86. The van der Waals surface area contributed by atoms with Gasteiger partial charge in [-0.15, -0.1) is 0 Å². The minimum atomic E-state index is -4.35. The summed E-state index contributed by atoms with van der Waals surface area (Å²) in [5.74, 6) is -0.176. The zero-order valence-electron chi connectivity index (χ0n) is 12.3. The lowest BCUT2D eigenvalue weighted by Gasteiger charge is -2.17. The number of hydrogen-bond donors (Lipinski definition) is 0. The lowest BCUT2D eigenvalue weighted by atomic mass is 9.96. The van der Waals surface area contributed by atoms with Crippen molar-refractivity contribution in [1.82, 2.24) is 9.88 Å². The largest absolute Gasteiger partial charge is 0.416 e. The van der Waals surface area contributed by atoms with Gasteiger partial charge in [0.2, 0.25) is 0 Å². The topological polar surface area (TPSA) is 33.2 Å². The summed E-state index contributed by atoms with van der Waals surface area (Å²) in [7, 11) is 0. The lowest BCUT2D eigenvalue weighted by Crippen LogP contribution is -2.28. The molecule has 1 amide bonds. The quantitative estimate of drug-likeness (QED) is 0.845. The van der Waals surface area contributed by atoms with Crippen molar-refractivity contribution >= 4 is 5.91 Å². The molecule has 0 bridgehead atoms. The van der Waals surface area contributed by atoms with Crippen LogP contribution >= 0.6 is 0 Å². The molecule has 1 aliphatic rings. The number of pyridine rings is 1. The Bertz CT molecular complexity index is 700. The highest BCUT2D eigenvalue weighted by Gasteiger charge is 2.33. The van der Waals surface area contributed by atoms with E-state index in [0.717, 1.165) is 6.07 Å². The molecular formula is C17H15F3N2O. The molecular weight excluding hydrogens is 305 g/mol. The molecule has 1 aliphatic heterocycles. The van der Waals surface area contributed by atoms with Gasteiger partial charge in [-0.3, -0.25) is 9.78 Å². The Hall–Kier alpha value is -2.37. The number of carbonyl (C=O) groups is 1. The van der Waals surface area contributed by atoms with Gasteiger partial charge >= 0.3 is 6.18 Å². The van der Waals surface area contributed by atoms with Crippen molar-refractivity contribution in [2.24, 2.45) is 0 Å². The maximum absolute atomic E-state index is 12.8. The molecule has 3 nitrogen and oxygen atoms in total. The number of alkyl halides is 3. The molecule has 2 aromatic rings. The summed E-state index contributed by atoms with van der Waals surface area (Å²) in [6.07, 6.45) is -0.583. The average molecular weight is 320 g/mol. The van der Waals surface area contributed by atoms with Crippen LogP contribution in [0, 0.1) is 0 Å². The molecule has 1 saturated heterocycles. The number of aromatic nitrogens is 1. The van der Waals surface area contributed by atoms with Gasteiger partial charge in [-0.1, -0.05) is 18.2 Å². The molecule has 23 heavy (non-hydrogen) atoms. The van der Waals surface area contributed by atoms with Crippen molar-refractivity contribution in [2.45, 2.75) is 18.5 Å². The van der Waals surface area contributed by atoms with Crippen LogP contribution in [-0.2, 0) is 6.18 Å². The minimum absolute atomic E-state index is 0.0666. The standard InChI is InChI=1S/C17H15F3N2O/c18-17(19,20)15-3-1-2-13(10-15)14-6-9-22(11-14)16(23)12-4-7-21-8-5-12/h1-5,7-8,10,14H,6,9,11H2. The molecule has 120 valence electrons. The Morgan fingerprint density at radius 2 is 1.91 bits per heavy atom. The second-order valence-corrected chi connectivity index (χ2v) is 5.60. The molecule has 6 heteroatoms. The number of nitrogens with zero attached hydrogens (tertiary/aromatic N) is 2. The zero-order chi connectivity index (χ0) is 16.4. The average Bonchev–Trinajstić information content (AvgIpc) is 3.04. The van der Waals surface area contributed by atoms with Crippen molar-refractivity contribution in [2.75, 3.05) is 13.1 Å². The smallest absolute Gasteiger partial charge is 0.338 e. The van der Waals surface area contributed by atoms with Gasteiger partial charge in [-0.25, -0.2) is 0 Å². The van der Waals surface area contributed by atoms with Crippen LogP contribution in [-0.4, -0.2) is 28.9 Å². The Labute approximate surface area is 131 Å². The van der Waals surface area contributed by atoms with E-state index in [9.17, 15) is 18.0 Å². The molecule has 1 atom stereocenters. The number of carbonyl (C=O) groups excluding carboxylic acids is 1. The first-order valence-electron chi connectivity index (χ1n) is 7.31. The van der Waals surface area contributed by atoms with E-state index < -0.39 is 11.7 Å². The van der Waals surface area contributed by atoms with Crippen molar-refractivity contribution < 1.29 is 18.0 Å². The van der Waals surface area contributed by atoms with Crippen LogP contribution in [0.3, 0.4) is 0 Å². The fraction of sp³-hybridized carbons (Fsp3) is 0.294. The van der Waals surface area contributed by atoms with Crippen LogP contribution in [0.2, 0.25) is 0 Å². The van der Waals surface area contributed by atoms with E-state index in [-0.39, 0.29) is 11.8 Å². The maximum Gasteiger partial charge on any atom is 0.416 e. The first kappa shape index (κ1) is 15.5. The Balaban J connectivity index is 1.74. The molecule has 1 unspecified atom stereocenters. The normalized spacial score (nSPS) is 18.2. The summed E-state index contributed by atoms with van der Waals surface area (Å²) in [4.78, 5) is 17.9. The van der Waals surface area contributed by atoms with Crippen molar-refractivity contribution in [3.05, 3.63) is 65.5 Å². The number of halogens is 3. The second-order valence-electron chi connectivity index (χ2n) is 5.60. The third-order valence-corrected chi connectivity index (χ3v) is 4.09. The SMILES string of the molecule is O=C(c1ccncc1)N1CCC(c2cccc(C(F)(F)F)c2)C1. The monoisotopic (exact) mass is 320 g/mol. The van der Waals surface area contributed by atoms with E-state index in [2.05, 4.69) is 4.98 Å².